The fraction of sp³-hybridized carbons (Fsp3) is 0.235. The summed E-state index contributed by atoms with van der Waals surface area (Å²) < 4.78 is 6.58. The van der Waals surface area contributed by atoms with Crippen molar-refractivity contribution in [2.75, 3.05) is 16.9 Å². The molecule has 2 aromatic heterocycles. The van der Waals surface area contributed by atoms with Crippen molar-refractivity contribution in [2.24, 2.45) is 0 Å². The lowest BCUT2D eigenvalue weighted by atomic mass is 10.0. The van der Waals surface area contributed by atoms with Gasteiger partial charge in [-0.15, -0.1) is 10.2 Å². The van der Waals surface area contributed by atoms with Crippen molar-refractivity contribution in [3.05, 3.63) is 48.2 Å². The molecule has 0 aliphatic rings. The maximum absolute atomic E-state index is 12.3. The molecule has 0 spiro atoms. The van der Waals surface area contributed by atoms with Crippen LogP contribution < -0.4 is 11.2 Å². The number of benzene rings is 1. The molecule has 0 bridgehead atoms. The van der Waals surface area contributed by atoms with Crippen molar-refractivity contribution >= 4 is 23.4 Å². The van der Waals surface area contributed by atoms with Gasteiger partial charge in [0.15, 0.2) is 5.76 Å². The van der Waals surface area contributed by atoms with Gasteiger partial charge < -0.3 is 15.6 Å². The second-order valence-electron chi connectivity index (χ2n) is 5.73. The zero-order valence-electron chi connectivity index (χ0n) is 14.0. The van der Waals surface area contributed by atoms with E-state index in [9.17, 15) is 4.79 Å². The number of thioether (sulfide) groups is 1. The molecule has 2 heterocycles. The molecule has 0 unspecified atom stereocenters. The van der Waals surface area contributed by atoms with Gasteiger partial charge in [-0.1, -0.05) is 43.8 Å². The fourth-order valence-electron chi connectivity index (χ4n) is 2.38. The van der Waals surface area contributed by atoms with E-state index >= 15 is 0 Å². The van der Waals surface area contributed by atoms with Crippen molar-refractivity contribution in [1.82, 2.24) is 14.9 Å². The molecule has 3 aromatic rings. The standard InChI is InChI=1S/C17H19N5O2S/c1-11(2)12-6-3-4-7-13(12)19-15(23)10-25-17-21-20-16(22(17)18)14-8-5-9-24-14/h3-9,11H,10,18H2,1-2H3,(H,19,23). The highest BCUT2D eigenvalue weighted by atomic mass is 32.2. The highest BCUT2D eigenvalue weighted by Crippen LogP contribution is 2.25. The number of nitrogens with two attached hydrogens (primary N) is 1. The zero-order valence-corrected chi connectivity index (χ0v) is 14.8. The molecule has 7 nitrogen and oxygen atoms in total. The van der Waals surface area contributed by atoms with E-state index in [1.54, 1.807) is 12.1 Å². The largest absolute Gasteiger partial charge is 0.461 e. The first-order valence-corrected chi connectivity index (χ1v) is 8.80. The van der Waals surface area contributed by atoms with Crippen LogP contribution in [-0.2, 0) is 4.79 Å². The smallest absolute Gasteiger partial charge is 0.234 e. The van der Waals surface area contributed by atoms with Crippen LogP contribution in [0.25, 0.3) is 11.6 Å². The molecule has 0 radical (unpaired) electrons. The third-order valence-electron chi connectivity index (χ3n) is 3.60. The monoisotopic (exact) mass is 357 g/mol. The summed E-state index contributed by atoms with van der Waals surface area (Å²) in [6, 6.07) is 11.3. The van der Waals surface area contributed by atoms with E-state index in [1.165, 1.54) is 22.7 Å². The van der Waals surface area contributed by atoms with Crippen LogP contribution in [0.2, 0.25) is 0 Å². The number of carbonyl (C=O) groups is 1. The molecule has 8 heteroatoms. The Balaban J connectivity index is 1.64. The Morgan fingerprint density at radius 1 is 1.28 bits per heavy atom. The SMILES string of the molecule is CC(C)c1ccccc1NC(=O)CSc1nnc(-c2ccco2)n1N. The molecule has 0 saturated heterocycles. The first-order chi connectivity index (χ1) is 12.1. The van der Waals surface area contributed by atoms with Crippen LogP contribution in [0.1, 0.15) is 25.3 Å². The van der Waals surface area contributed by atoms with Crippen LogP contribution in [0.15, 0.2) is 52.2 Å². The molecule has 0 atom stereocenters. The summed E-state index contributed by atoms with van der Waals surface area (Å²) in [5, 5.41) is 11.4. The van der Waals surface area contributed by atoms with Gasteiger partial charge in [0.05, 0.1) is 12.0 Å². The topological polar surface area (TPSA) is 99.0 Å². The molecular weight excluding hydrogens is 338 g/mol. The number of rotatable bonds is 6. The number of hydrogen-bond donors (Lipinski definition) is 2. The van der Waals surface area contributed by atoms with Crippen LogP contribution in [0.5, 0.6) is 0 Å². The quantitative estimate of drug-likeness (QED) is 0.519. The maximum Gasteiger partial charge on any atom is 0.234 e. The van der Waals surface area contributed by atoms with Crippen molar-refractivity contribution in [2.45, 2.75) is 24.9 Å². The number of nitrogens with zero attached hydrogens (tertiary/aromatic N) is 3. The lowest BCUT2D eigenvalue weighted by Crippen LogP contribution is -2.17. The van der Waals surface area contributed by atoms with Gasteiger partial charge in [-0.25, -0.2) is 4.68 Å². The predicted molar refractivity (Wildman–Crippen MR) is 97.8 cm³/mol. The van der Waals surface area contributed by atoms with Gasteiger partial charge in [0.2, 0.25) is 16.9 Å². The van der Waals surface area contributed by atoms with Gasteiger partial charge in [0.25, 0.3) is 0 Å². The third kappa shape index (κ3) is 3.85. The summed E-state index contributed by atoms with van der Waals surface area (Å²) in [5.41, 5.74) is 1.93. The van der Waals surface area contributed by atoms with E-state index in [-0.39, 0.29) is 11.7 Å². The van der Waals surface area contributed by atoms with Gasteiger partial charge in [-0.05, 0) is 29.7 Å². The number of amides is 1. The normalized spacial score (nSPS) is 11.0. The minimum Gasteiger partial charge on any atom is -0.461 e. The van der Waals surface area contributed by atoms with Gasteiger partial charge in [0, 0.05) is 5.69 Å². The van der Waals surface area contributed by atoms with Gasteiger partial charge in [0.1, 0.15) is 0 Å². The summed E-state index contributed by atoms with van der Waals surface area (Å²) in [6.07, 6.45) is 1.54. The van der Waals surface area contributed by atoms with Crippen molar-refractivity contribution in [3.8, 4) is 11.6 Å². The van der Waals surface area contributed by atoms with E-state index in [1.807, 2.05) is 24.3 Å². The van der Waals surface area contributed by atoms with Gasteiger partial charge in [-0.2, -0.15) is 0 Å². The second kappa shape index (κ2) is 7.43. The summed E-state index contributed by atoms with van der Waals surface area (Å²) in [6.45, 7) is 4.18. The first-order valence-electron chi connectivity index (χ1n) is 7.82. The Morgan fingerprint density at radius 3 is 2.80 bits per heavy atom. The highest BCUT2D eigenvalue weighted by molar-refractivity contribution is 7.99. The first kappa shape index (κ1) is 17.1. The predicted octanol–water partition coefficient (Wildman–Crippen LogP) is 3.11. The van der Waals surface area contributed by atoms with Crippen LogP contribution in [0.4, 0.5) is 5.69 Å². The van der Waals surface area contributed by atoms with Crippen molar-refractivity contribution in [3.63, 3.8) is 0 Å². The van der Waals surface area contributed by atoms with Crippen LogP contribution >= 0.6 is 11.8 Å². The average Bonchev–Trinajstić information content (AvgIpc) is 3.23. The van der Waals surface area contributed by atoms with Gasteiger partial charge in [-0.3, -0.25) is 4.79 Å². The fourth-order valence-corrected chi connectivity index (χ4v) is 3.04. The Hall–Kier alpha value is -2.74. The zero-order chi connectivity index (χ0) is 17.8. The number of furan rings is 1. The van der Waals surface area contributed by atoms with E-state index in [0.717, 1.165) is 11.3 Å². The number of nitrogens with one attached hydrogen (secondary N) is 1. The molecule has 25 heavy (non-hydrogen) atoms. The Morgan fingerprint density at radius 2 is 2.08 bits per heavy atom. The van der Waals surface area contributed by atoms with Crippen LogP contribution in [0.3, 0.4) is 0 Å². The summed E-state index contributed by atoms with van der Waals surface area (Å²) >= 11 is 1.22. The summed E-state index contributed by atoms with van der Waals surface area (Å²) in [5.74, 6) is 7.30. The molecule has 0 saturated carbocycles. The Kier molecular flexibility index (Phi) is 5.08. The molecule has 1 aromatic carbocycles. The summed E-state index contributed by atoms with van der Waals surface area (Å²) in [7, 11) is 0. The van der Waals surface area contributed by atoms with E-state index < -0.39 is 0 Å². The maximum atomic E-state index is 12.3. The van der Waals surface area contributed by atoms with Crippen molar-refractivity contribution in [1.29, 1.82) is 0 Å². The Bertz CT molecular complexity index is 858. The Labute approximate surface area is 149 Å². The molecule has 1 amide bonds. The molecular formula is C17H19N5O2S. The van der Waals surface area contributed by atoms with Crippen LogP contribution in [-0.4, -0.2) is 26.5 Å². The number of aromatic nitrogens is 3. The lowest BCUT2D eigenvalue weighted by molar-refractivity contribution is -0.113. The molecule has 0 fully saturated rings. The second-order valence-corrected chi connectivity index (χ2v) is 6.67. The minimum absolute atomic E-state index is 0.124. The molecule has 0 aliphatic carbocycles. The third-order valence-corrected chi connectivity index (χ3v) is 4.54. The van der Waals surface area contributed by atoms with Gasteiger partial charge >= 0.3 is 0 Å². The molecule has 0 aliphatic heterocycles. The van der Waals surface area contributed by atoms with E-state index in [2.05, 4.69) is 29.4 Å². The van der Waals surface area contributed by atoms with Crippen molar-refractivity contribution < 1.29 is 9.21 Å². The molecule has 130 valence electrons. The number of carbonyl (C=O) groups excluding carboxylic acids is 1. The minimum atomic E-state index is -0.124. The molecule has 3 N–H and O–H groups in total. The van der Waals surface area contributed by atoms with Crippen LogP contribution in [0, 0.1) is 0 Å². The van der Waals surface area contributed by atoms with E-state index in [4.69, 9.17) is 10.3 Å². The van der Waals surface area contributed by atoms with E-state index in [0.29, 0.717) is 22.7 Å². The number of hydrogen-bond acceptors (Lipinski definition) is 6. The highest BCUT2D eigenvalue weighted by Gasteiger charge is 2.16. The number of nitrogen functional groups attached to an aromatic ring is 1. The molecule has 3 rings (SSSR count). The number of anilines is 1. The number of para-hydroxylation sites is 1. The summed E-state index contributed by atoms with van der Waals surface area (Å²) in [4.78, 5) is 12.3. The average molecular weight is 357 g/mol. The lowest BCUT2D eigenvalue weighted by Gasteiger charge is -2.13.